The van der Waals surface area contributed by atoms with Gasteiger partial charge in [0.05, 0.1) is 13.2 Å². The second kappa shape index (κ2) is 6.76. The van der Waals surface area contributed by atoms with Crippen LogP contribution in [0.2, 0.25) is 0 Å². The van der Waals surface area contributed by atoms with Crippen LogP contribution in [0.25, 0.3) is 6.08 Å². The Labute approximate surface area is 93.8 Å². The summed E-state index contributed by atoms with van der Waals surface area (Å²) in [6.07, 6.45) is 2.01. The molecule has 4 heteroatoms. The second-order valence-electron chi connectivity index (χ2n) is 3.17. The van der Waals surface area contributed by atoms with Crippen LogP contribution in [0.3, 0.4) is 0 Å². The first-order chi connectivity index (χ1) is 7.76. The van der Waals surface area contributed by atoms with Crippen LogP contribution in [-0.4, -0.2) is 35.5 Å². The summed E-state index contributed by atoms with van der Waals surface area (Å²) in [6, 6.07) is 9.28. The monoisotopic (exact) mass is 222 g/mol. The van der Waals surface area contributed by atoms with Crippen LogP contribution < -0.4 is 0 Å². The van der Waals surface area contributed by atoms with Crippen molar-refractivity contribution in [3.05, 3.63) is 42.0 Å². The molecule has 86 valence electrons. The van der Waals surface area contributed by atoms with Gasteiger partial charge in [-0.2, -0.15) is 0 Å². The fourth-order valence-electron chi connectivity index (χ4n) is 1.06. The molecule has 0 radical (unpaired) electrons. The van der Waals surface area contributed by atoms with Gasteiger partial charge >= 0.3 is 5.97 Å². The van der Waals surface area contributed by atoms with E-state index in [1.165, 1.54) is 6.08 Å². The lowest BCUT2D eigenvalue weighted by atomic mass is 10.2. The fraction of sp³-hybridized carbons (Fsp3) is 0.250. The van der Waals surface area contributed by atoms with Gasteiger partial charge in [0.25, 0.3) is 0 Å². The largest absolute Gasteiger partial charge is 0.454 e. The lowest BCUT2D eigenvalue weighted by Gasteiger charge is -2.10. The molecule has 0 saturated heterocycles. The lowest BCUT2D eigenvalue weighted by molar-refractivity contribution is -0.147. The first-order valence-electron chi connectivity index (χ1n) is 4.91. The summed E-state index contributed by atoms with van der Waals surface area (Å²) < 4.78 is 4.74. The molecule has 0 bridgehead atoms. The molecule has 0 aliphatic rings. The summed E-state index contributed by atoms with van der Waals surface area (Å²) in [5.74, 6) is -0.586. The molecule has 0 heterocycles. The quantitative estimate of drug-likeness (QED) is 0.565. The zero-order valence-corrected chi connectivity index (χ0v) is 8.74. The van der Waals surface area contributed by atoms with E-state index in [0.29, 0.717) is 0 Å². The van der Waals surface area contributed by atoms with E-state index in [4.69, 9.17) is 14.9 Å². The molecule has 1 aromatic carbocycles. The van der Waals surface area contributed by atoms with Crippen LogP contribution in [0.1, 0.15) is 5.56 Å². The van der Waals surface area contributed by atoms with Crippen LogP contribution in [-0.2, 0) is 9.53 Å². The number of aliphatic hydroxyl groups excluding tert-OH is 2. The highest BCUT2D eigenvalue weighted by Gasteiger charge is 2.09. The highest BCUT2D eigenvalue weighted by Crippen LogP contribution is 2.01. The molecule has 0 aliphatic heterocycles. The predicted octanol–water partition coefficient (Wildman–Crippen LogP) is 0.596. The van der Waals surface area contributed by atoms with Crippen molar-refractivity contribution in [2.75, 3.05) is 13.2 Å². The van der Waals surface area contributed by atoms with Gasteiger partial charge in [0.2, 0.25) is 0 Å². The normalized spacial score (nSPS) is 10.9. The number of ether oxygens (including phenoxy) is 1. The van der Waals surface area contributed by atoms with Crippen LogP contribution in [0.15, 0.2) is 36.4 Å². The van der Waals surface area contributed by atoms with Crippen LogP contribution in [0.5, 0.6) is 0 Å². The van der Waals surface area contributed by atoms with Crippen molar-refractivity contribution in [2.24, 2.45) is 0 Å². The van der Waals surface area contributed by atoms with Crippen LogP contribution in [0, 0.1) is 0 Å². The molecule has 4 nitrogen and oxygen atoms in total. The molecule has 1 rings (SSSR count). The Morgan fingerprint density at radius 3 is 2.44 bits per heavy atom. The highest BCUT2D eigenvalue weighted by atomic mass is 16.6. The first-order valence-corrected chi connectivity index (χ1v) is 4.91. The minimum absolute atomic E-state index is 0.387. The predicted molar refractivity (Wildman–Crippen MR) is 59.5 cm³/mol. The molecule has 0 saturated carbocycles. The van der Waals surface area contributed by atoms with Gasteiger partial charge < -0.3 is 14.9 Å². The van der Waals surface area contributed by atoms with E-state index in [9.17, 15) is 4.79 Å². The number of rotatable bonds is 5. The lowest BCUT2D eigenvalue weighted by Crippen LogP contribution is -2.24. The maximum absolute atomic E-state index is 11.2. The summed E-state index contributed by atoms with van der Waals surface area (Å²) in [4.78, 5) is 11.2. The third-order valence-corrected chi connectivity index (χ3v) is 1.90. The number of aliphatic hydroxyl groups is 2. The van der Waals surface area contributed by atoms with Crippen molar-refractivity contribution in [1.29, 1.82) is 0 Å². The standard InChI is InChI=1S/C12H14O4/c13-8-11(9-14)16-12(15)7-6-10-4-2-1-3-5-10/h1-7,11,13-14H,8-9H2/b7-6+. The number of hydrogen-bond acceptors (Lipinski definition) is 4. The third kappa shape index (κ3) is 4.25. The van der Waals surface area contributed by atoms with Gasteiger partial charge in [0.15, 0.2) is 0 Å². The number of benzene rings is 1. The molecule has 16 heavy (non-hydrogen) atoms. The zero-order chi connectivity index (χ0) is 11.8. The molecule has 1 aromatic rings. The van der Waals surface area contributed by atoms with E-state index in [1.54, 1.807) is 6.08 Å². The Morgan fingerprint density at radius 1 is 1.25 bits per heavy atom. The number of hydrogen-bond donors (Lipinski definition) is 2. The number of esters is 1. The van der Waals surface area contributed by atoms with Crippen molar-refractivity contribution < 1.29 is 19.7 Å². The third-order valence-electron chi connectivity index (χ3n) is 1.90. The van der Waals surface area contributed by atoms with E-state index in [0.717, 1.165) is 5.56 Å². The fourth-order valence-corrected chi connectivity index (χ4v) is 1.06. The topological polar surface area (TPSA) is 66.8 Å². The van der Waals surface area contributed by atoms with Gasteiger partial charge in [0, 0.05) is 6.08 Å². The van der Waals surface area contributed by atoms with E-state index in [2.05, 4.69) is 0 Å². The summed E-state index contributed by atoms with van der Waals surface area (Å²) in [6.45, 7) is -0.775. The number of carbonyl (C=O) groups is 1. The smallest absolute Gasteiger partial charge is 0.331 e. The van der Waals surface area contributed by atoms with Crippen LogP contribution in [0.4, 0.5) is 0 Å². The average molecular weight is 222 g/mol. The van der Waals surface area contributed by atoms with Gasteiger partial charge in [-0.25, -0.2) is 4.79 Å². The van der Waals surface area contributed by atoms with Crippen molar-refractivity contribution >= 4 is 12.0 Å². The Bertz CT molecular complexity index is 341. The van der Waals surface area contributed by atoms with E-state index < -0.39 is 12.1 Å². The Kier molecular flexibility index (Phi) is 5.25. The minimum Gasteiger partial charge on any atom is -0.454 e. The molecule has 0 amide bonds. The maximum Gasteiger partial charge on any atom is 0.331 e. The van der Waals surface area contributed by atoms with Crippen molar-refractivity contribution in [3.63, 3.8) is 0 Å². The zero-order valence-electron chi connectivity index (χ0n) is 8.74. The van der Waals surface area contributed by atoms with Crippen LogP contribution >= 0.6 is 0 Å². The van der Waals surface area contributed by atoms with Gasteiger partial charge in [-0.3, -0.25) is 0 Å². The molecule has 0 aliphatic carbocycles. The van der Waals surface area contributed by atoms with E-state index in [-0.39, 0.29) is 13.2 Å². The molecule has 2 N–H and O–H groups in total. The van der Waals surface area contributed by atoms with Crippen molar-refractivity contribution in [2.45, 2.75) is 6.10 Å². The second-order valence-corrected chi connectivity index (χ2v) is 3.17. The van der Waals surface area contributed by atoms with Crippen molar-refractivity contribution in [1.82, 2.24) is 0 Å². The first kappa shape index (κ1) is 12.4. The maximum atomic E-state index is 11.2. The van der Waals surface area contributed by atoms with E-state index in [1.807, 2.05) is 30.3 Å². The molecule has 0 fully saturated rings. The Hall–Kier alpha value is -1.65. The Morgan fingerprint density at radius 2 is 1.88 bits per heavy atom. The molecule has 0 unspecified atom stereocenters. The SMILES string of the molecule is O=C(/C=C/c1ccccc1)OC(CO)CO. The summed E-state index contributed by atoms with van der Waals surface area (Å²) >= 11 is 0. The van der Waals surface area contributed by atoms with Gasteiger partial charge in [-0.15, -0.1) is 0 Å². The minimum atomic E-state index is -0.854. The van der Waals surface area contributed by atoms with Gasteiger partial charge in [0.1, 0.15) is 6.10 Å². The number of carbonyl (C=O) groups excluding carboxylic acids is 1. The highest BCUT2D eigenvalue weighted by molar-refractivity contribution is 5.87. The molecule has 0 atom stereocenters. The van der Waals surface area contributed by atoms with Gasteiger partial charge in [-0.05, 0) is 11.6 Å². The molecular weight excluding hydrogens is 208 g/mol. The molecular formula is C12H14O4. The molecule has 0 spiro atoms. The summed E-state index contributed by atoms with van der Waals surface area (Å²) in [5, 5.41) is 17.4. The summed E-state index contributed by atoms with van der Waals surface area (Å²) in [5.41, 5.74) is 0.879. The van der Waals surface area contributed by atoms with Crippen molar-refractivity contribution in [3.8, 4) is 0 Å². The van der Waals surface area contributed by atoms with Gasteiger partial charge in [-0.1, -0.05) is 30.3 Å². The Balaban J connectivity index is 2.48. The van der Waals surface area contributed by atoms with E-state index >= 15 is 0 Å². The average Bonchev–Trinajstić information content (AvgIpc) is 2.34. The summed E-state index contributed by atoms with van der Waals surface area (Å²) in [7, 11) is 0. The molecule has 0 aromatic heterocycles.